The van der Waals surface area contributed by atoms with Crippen LogP contribution in [-0.2, 0) is 32.4 Å². The van der Waals surface area contributed by atoms with Gasteiger partial charge in [-0.2, -0.15) is 0 Å². The van der Waals surface area contributed by atoms with E-state index in [-0.39, 0.29) is 11.4 Å². The molecule has 0 aliphatic carbocycles. The number of anilines is 1. The van der Waals surface area contributed by atoms with E-state index < -0.39 is 16.8 Å². The Morgan fingerprint density at radius 3 is 1.97 bits per heavy atom. The lowest BCUT2D eigenvalue weighted by molar-refractivity contribution is -0.128. The van der Waals surface area contributed by atoms with Gasteiger partial charge in [0, 0.05) is 5.39 Å². The molecular weight excluding hydrogens is 478 g/mol. The zero-order valence-corrected chi connectivity index (χ0v) is 20.9. The van der Waals surface area contributed by atoms with Crippen LogP contribution in [0.1, 0.15) is 11.1 Å². The molecule has 0 atom stereocenters. The van der Waals surface area contributed by atoms with Crippen LogP contribution in [0, 0.1) is 0 Å². The van der Waals surface area contributed by atoms with Crippen LogP contribution in [0.25, 0.3) is 10.8 Å². The molecule has 0 spiro atoms. The third kappa shape index (κ3) is 5.28. The predicted molar refractivity (Wildman–Crippen MR) is 139 cm³/mol. The van der Waals surface area contributed by atoms with Gasteiger partial charge in [-0.3, -0.25) is 4.79 Å². The van der Waals surface area contributed by atoms with Gasteiger partial charge in [-0.15, -0.1) is 0 Å². The van der Waals surface area contributed by atoms with Crippen molar-refractivity contribution >= 4 is 33.0 Å². The van der Waals surface area contributed by atoms with E-state index in [1.165, 1.54) is 24.8 Å². The summed E-state index contributed by atoms with van der Waals surface area (Å²) >= 11 is 0. The Morgan fingerprint density at radius 2 is 1.36 bits per heavy atom. The Balaban J connectivity index is 1.71. The topological polar surface area (TPSA) is 82.1 Å². The van der Waals surface area contributed by atoms with E-state index in [1.807, 2.05) is 54.6 Å². The maximum atomic E-state index is 13.6. The van der Waals surface area contributed by atoms with E-state index >= 15 is 0 Å². The fraction of sp³-hybridized carbons (Fsp3) is 0.179. The molecule has 0 fully saturated rings. The SMILES string of the molecule is COc1ccc(CCc2ccc(N(COC=O)S(=O)(=O)c3ccc(OC)cc3)c3ccccc23)cc1. The standard InChI is InChI=1S/C28H27NO6S/c1-33-23-12-8-21(9-13-23)7-10-22-11-18-28(27-6-4-3-5-26(22)27)29(19-35-20-30)36(31,32)25-16-14-24(34-2)15-17-25/h3-6,8-9,11-18,20H,7,10,19H2,1-2H3. The Bertz CT molecular complexity index is 1430. The Morgan fingerprint density at radius 1 is 0.750 bits per heavy atom. The van der Waals surface area contributed by atoms with Crippen molar-refractivity contribution in [2.75, 3.05) is 25.3 Å². The van der Waals surface area contributed by atoms with E-state index in [0.29, 0.717) is 11.4 Å². The molecule has 0 heterocycles. The first-order valence-electron chi connectivity index (χ1n) is 11.3. The normalized spacial score (nSPS) is 11.2. The van der Waals surface area contributed by atoms with Crippen molar-refractivity contribution in [1.29, 1.82) is 0 Å². The number of benzene rings is 4. The molecule has 4 aromatic carbocycles. The van der Waals surface area contributed by atoms with Crippen LogP contribution in [0.5, 0.6) is 11.5 Å². The molecule has 0 saturated heterocycles. The van der Waals surface area contributed by atoms with Crippen molar-refractivity contribution in [3.63, 3.8) is 0 Å². The number of nitrogens with zero attached hydrogens (tertiary/aromatic N) is 1. The molecule has 0 amide bonds. The minimum atomic E-state index is -4.04. The zero-order valence-electron chi connectivity index (χ0n) is 20.1. The van der Waals surface area contributed by atoms with Crippen LogP contribution in [0.2, 0.25) is 0 Å². The van der Waals surface area contributed by atoms with Gasteiger partial charge < -0.3 is 14.2 Å². The first kappa shape index (κ1) is 25.1. The van der Waals surface area contributed by atoms with Crippen LogP contribution in [0.15, 0.2) is 89.8 Å². The third-order valence-electron chi connectivity index (χ3n) is 6.01. The molecule has 0 unspecified atom stereocenters. The molecule has 186 valence electrons. The number of hydrogen-bond donors (Lipinski definition) is 0. The number of ether oxygens (including phenoxy) is 3. The lowest BCUT2D eigenvalue weighted by atomic mass is 9.97. The highest BCUT2D eigenvalue weighted by molar-refractivity contribution is 7.92. The maximum Gasteiger partial charge on any atom is 0.294 e. The summed E-state index contributed by atoms with van der Waals surface area (Å²) in [7, 11) is -0.886. The number of aryl methyl sites for hydroxylation is 2. The van der Waals surface area contributed by atoms with Gasteiger partial charge >= 0.3 is 0 Å². The summed E-state index contributed by atoms with van der Waals surface area (Å²) in [4.78, 5) is 11.1. The summed E-state index contributed by atoms with van der Waals surface area (Å²) in [6, 6.07) is 25.4. The lowest BCUT2D eigenvalue weighted by Gasteiger charge is -2.25. The summed E-state index contributed by atoms with van der Waals surface area (Å²) < 4.78 is 43.6. The van der Waals surface area contributed by atoms with Crippen molar-refractivity contribution in [2.45, 2.75) is 17.7 Å². The Hall–Kier alpha value is -4.04. The second kappa shape index (κ2) is 11.1. The number of carbonyl (C=O) groups excluding carboxylic acids is 1. The second-order valence-corrected chi connectivity index (χ2v) is 9.92. The fourth-order valence-electron chi connectivity index (χ4n) is 4.09. The number of fused-ring (bicyclic) bond motifs is 1. The first-order valence-corrected chi connectivity index (χ1v) is 12.8. The number of hydrogen-bond acceptors (Lipinski definition) is 6. The molecule has 36 heavy (non-hydrogen) atoms. The fourth-order valence-corrected chi connectivity index (χ4v) is 5.45. The minimum absolute atomic E-state index is 0.0606. The molecule has 0 N–H and O–H groups in total. The lowest BCUT2D eigenvalue weighted by Crippen LogP contribution is -2.33. The highest BCUT2D eigenvalue weighted by atomic mass is 32.2. The molecule has 0 aliphatic heterocycles. The average molecular weight is 506 g/mol. The van der Waals surface area contributed by atoms with Gasteiger partial charge in [0.15, 0.2) is 6.73 Å². The third-order valence-corrected chi connectivity index (χ3v) is 7.76. The van der Waals surface area contributed by atoms with E-state index in [2.05, 4.69) is 0 Å². The largest absolute Gasteiger partial charge is 0.497 e. The first-order chi connectivity index (χ1) is 17.5. The molecule has 4 aromatic rings. The second-order valence-electron chi connectivity index (χ2n) is 8.06. The summed E-state index contributed by atoms with van der Waals surface area (Å²) in [5.41, 5.74) is 2.69. The minimum Gasteiger partial charge on any atom is -0.497 e. The van der Waals surface area contributed by atoms with E-state index in [4.69, 9.17) is 14.2 Å². The van der Waals surface area contributed by atoms with Gasteiger partial charge in [0.1, 0.15) is 11.5 Å². The Kier molecular flexibility index (Phi) is 7.75. The highest BCUT2D eigenvalue weighted by Gasteiger charge is 2.27. The van der Waals surface area contributed by atoms with Crippen molar-refractivity contribution < 1.29 is 27.4 Å². The summed E-state index contributed by atoms with van der Waals surface area (Å²) in [6.07, 6.45) is 1.58. The zero-order chi connectivity index (χ0) is 25.5. The monoisotopic (exact) mass is 505 g/mol. The molecular formula is C28H27NO6S. The number of carbonyl (C=O) groups is 1. The summed E-state index contributed by atoms with van der Waals surface area (Å²) in [5, 5.41) is 1.68. The molecule has 0 bridgehead atoms. The van der Waals surface area contributed by atoms with E-state index in [9.17, 15) is 13.2 Å². The Labute approximate surface area is 210 Å². The highest BCUT2D eigenvalue weighted by Crippen LogP contribution is 2.34. The van der Waals surface area contributed by atoms with Crippen LogP contribution >= 0.6 is 0 Å². The molecule has 7 nitrogen and oxygen atoms in total. The van der Waals surface area contributed by atoms with Crippen molar-refractivity contribution in [3.8, 4) is 11.5 Å². The van der Waals surface area contributed by atoms with E-state index in [1.54, 1.807) is 25.3 Å². The maximum absolute atomic E-state index is 13.6. The summed E-state index contributed by atoms with van der Waals surface area (Å²) in [6.45, 7) is -0.213. The van der Waals surface area contributed by atoms with Crippen LogP contribution in [-0.4, -0.2) is 35.8 Å². The van der Waals surface area contributed by atoms with Gasteiger partial charge in [-0.05, 0) is 71.8 Å². The van der Waals surface area contributed by atoms with Gasteiger partial charge in [-0.25, -0.2) is 12.7 Å². The number of sulfonamides is 1. The molecule has 0 aromatic heterocycles. The average Bonchev–Trinajstić information content (AvgIpc) is 2.92. The molecule has 8 heteroatoms. The van der Waals surface area contributed by atoms with Gasteiger partial charge in [-0.1, -0.05) is 42.5 Å². The van der Waals surface area contributed by atoms with Crippen molar-refractivity contribution in [1.82, 2.24) is 0 Å². The van der Waals surface area contributed by atoms with Crippen LogP contribution in [0.4, 0.5) is 5.69 Å². The summed E-state index contributed by atoms with van der Waals surface area (Å²) in [5.74, 6) is 1.35. The van der Waals surface area contributed by atoms with E-state index in [0.717, 1.165) is 39.2 Å². The van der Waals surface area contributed by atoms with Crippen molar-refractivity contribution in [3.05, 3.63) is 96.1 Å². The van der Waals surface area contributed by atoms with Gasteiger partial charge in [0.25, 0.3) is 16.5 Å². The van der Waals surface area contributed by atoms with Gasteiger partial charge in [0.2, 0.25) is 0 Å². The van der Waals surface area contributed by atoms with Crippen molar-refractivity contribution in [2.24, 2.45) is 0 Å². The predicted octanol–water partition coefficient (Wildman–Crippen LogP) is 4.97. The number of methoxy groups -OCH3 is 2. The molecule has 0 radical (unpaired) electrons. The smallest absolute Gasteiger partial charge is 0.294 e. The van der Waals surface area contributed by atoms with Crippen LogP contribution < -0.4 is 13.8 Å². The van der Waals surface area contributed by atoms with Crippen LogP contribution in [0.3, 0.4) is 0 Å². The van der Waals surface area contributed by atoms with Gasteiger partial charge in [0.05, 0.1) is 24.8 Å². The molecule has 4 rings (SSSR count). The molecule has 0 saturated carbocycles. The quantitative estimate of drug-likeness (QED) is 0.212. The number of rotatable bonds is 11. The molecule has 0 aliphatic rings.